The van der Waals surface area contributed by atoms with Crippen LogP contribution in [0.25, 0.3) is 0 Å². The lowest BCUT2D eigenvalue weighted by Gasteiger charge is -2.22. The SMILES string of the molecule is CN=C(NCc1cccc(OC)c1OC)N1CCC(c2cnn(C)c2)C1.I. The summed E-state index contributed by atoms with van der Waals surface area (Å²) in [6.07, 6.45) is 5.17. The third kappa shape index (κ3) is 4.85. The summed E-state index contributed by atoms with van der Waals surface area (Å²) >= 11 is 0. The molecule has 1 aromatic carbocycles. The summed E-state index contributed by atoms with van der Waals surface area (Å²) in [5, 5.41) is 7.74. The predicted molar refractivity (Wildman–Crippen MR) is 117 cm³/mol. The van der Waals surface area contributed by atoms with E-state index in [9.17, 15) is 0 Å². The van der Waals surface area contributed by atoms with Crippen molar-refractivity contribution in [1.82, 2.24) is 20.0 Å². The van der Waals surface area contributed by atoms with E-state index in [4.69, 9.17) is 9.47 Å². The lowest BCUT2D eigenvalue weighted by Crippen LogP contribution is -2.39. The molecule has 1 aromatic heterocycles. The van der Waals surface area contributed by atoms with E-state index < -0.39 is 0 Å². The lowest BCUT2D eigenvalue weighted by atomic mass is 10.0. The van der Waals surface area contributed by atoms with Gasteiger partial charge in [0.2, 0.25) is 0 Å². The minimum atomic E-state index is 0. The summed E-state index contributed by atoms with van der Waals surface area (Å²) in [5.74, 6) is 2.89. The number of nitrogens with zero attached hydrogens (tertiary/aromatic N) is 4. The number of halogens is 1. The molecule has 1 fully saturated rings. The zero-order valence-corrected chi connectivity index (χ0v) is 18.6. The number of para-hydroxylation sites is 1. The number of guanidine groups is 1. The molecule has 0 bridgehead atoms. The molecular formula is C19H28IN5O2. The summed E-state index contributed by atoms with van der Waals surface area (Å²) in [6.45, 7) is 2.55. The molecule has 0 spiro atoms. The largest absolute Gasteiger partial charge is 0.493 e. The number of aliphatic imine (C=N–C) groups is 1. The maximum Gasteiger partial charge on any atom is 0.193 e. The van der Waals surface area contributed by atoms with Crippen molar-refractivity contribution in [2.45, 2.75) is 18.9 Å². The second-order valence-electron chi connectivity index (χ2n) is 6.43. The summed E-state index contributed by atoms with van der Waals surface area (Å²) in [7, 11) is 7.09. The number of hydrogen-bond donors (Lipinski definition) is 1. The number of aryl methyl sites for hydroxylation is 1. The number of ether oxygens (including phenoxy) is 2. The Morgan fingerprint density at radius 1 is 1.33 bits per heavy atom. The van der Waals surface area contributed by atoms with Crippen molar-refractivity contribution in [1.29, 1.82) is 0 Å². The highest BCUT2D eigenvalue weighted by atomic mass is 127. The fourth-order valence-electron chi connectivity index (χ4n) is 3.48. The molecule has 1 aliphatic rings. The standard InChI is InChI=1S/C19H27N5O2.HI/c1-20-19(21-10-14-6-5-7-17(25-3)18(14)26-4)24-9-8-15(13-24)16-11-22-23(2)12-16;/h5-7,11-12,15H,8-10,13H2,1-4H3,(H,20,21);1H. The number of likely N-dealkylation sites (tertiary alicyclic amines) is 1. The summed E-state index contributed by atoms with van der Waals surface area (Å²) in [4.78, 5) is 6.75. The summed E-state index contributed by atoms with van der Waals surface area (Å²) in [6, 6.07) is 5.90. The van der Waals surface area contributed by atoms with Crippen LogP contribution in [0.4, 0.5) is 0 Å². The number of aromatic nitrogens is 2. The first kappa shape index (κ1) is 21.3. The van der Waals surface area contributed by atoms with Crippen molar-refractivity contribution < 1.29 is 9.47 Å². The highest BCUT2D eigenvalue weighted by molar-refractivity contribution is 14.0. The van der Waals surface area contributed by atoms with E-state index in [-0.39, 0.29) is 24.0 Å². The maximum atomic E-state index is 5.51. The van der Waals surface area contributed by atoms with Gasteiger partial charge >= 0.3 is 0 Å². The van der Waals surface area contributed by atoms with Crippen molar-refractivity contribution >= 4 is 29.9 Å². The Hall–Kier alpha value is -1.97. The van der Waals surface area contributed by atoms with Gasteiger partial charge in [-0.3, -0.25) is 9.67 Å². The van der Waals surface area contributed by atoms with E-state index in [1.165, 1.54) is 5.56 Å². The van der Waals surface area contributed by atoms with Gasteiger partial charge in [-0.05, 0) is 18.1 Å². The quantitative estimate of drug-likeness (QED) is 0.401. The zero-order valence-electron chi connectivity index (χ0n) is 16.3. The molecule has 148 valence electrons. The van der Waals surface area contributed by atoms with Gasteiger partial charge in [0.25, 0.3) is 0 Å². The first-order chi connectivity index (χ1) is 12.7. The van der Waals surface area contributed by atoms with Crippen molar-refractivity contribution in [3.05, 3.63) is 41.7 Å². The van der Waals surface area contributed by atoms with Crippen molar-refractivity contribution in [3.63, 3.8) is 0 Å². The molecule has 1 N–H and O–H groups in total. The molecule has 0 radical (unpaired) electrons. The van der Waals surface area contributed by atoms with Crippen LogP contribution in [0.5, 0.6) is 11.5 Å². The maximum absolute atomic E-state index is 5.51. The number of nitrogens with one attached hydrogen (secondary N) is 1. The fraction of sp³-hybridized carbons (Fsp3) is 0.474. The Balaban J connectivity index is 0.00000261. The Bertz CT molecular complexity index is 777. The summed E-state index contributed by atoms with van der Waals surface area (Å²) < 4.78 is 12.7. The van der Waals surface area contributed by atoms with Crippen LogP contribution in [0.3, 0.4) is 0 Å². The number of benzene rings is 1. The normalized spacial score (nSPS) is 16.8. The van der Waals surface area contributed by atoms with E-state index in [0.29, 0.717) is 12.5 Å². The van der Waals surface area contributed by atoms with Crippen molar-refractivity contribution in [2.75, 3.05) is 34.4 Å². The van der Waals surface area contributed by atoms with Crippen LogP contribution in [0, 0.1) is 0 Å². The molecule has 1 atom stereocenters. The van der Waals surface area contributed by atoms with Gasteiger partial charge in [0.1, 0.15) is 0 Å². The predicted octanol–water partition coefficient (Wildman–Crippen LogP) is 2.62. The Labute approximate surface area is 177 Å². The van der Waals surface area contributed by atoms with E-state index in [1.807, 2.05) is 43.2 Å². The zero-order chi connectivity index (χ0) is 18.5. The van der Waals surface area contributed by atoms with Gasteiger partial charge in [-0.25, -0.2) is 0 Å². The number of hydrogen-bond acceptors (Lipinski definition) is 4. The smallest absolute Gasteiger partial charge is 0.193 e. The fourth-order valence-corrected chi connectivity index (χ4v) is 3.48. The molecule has 3 rings (SSSR count). The van der Waals surface area contributed by atoms with E-state index >= 15 is 0 Å². The molecule has 1 aliphatic heterocycles. The molecule has 0 amide bonds. The van der Waals surface area contributed by atoms with Gasteiger partial charge in [-0.15, -0.1) is 24.0 Å². The van der Waals surface area contributed by atoms with E-state index in [2.05, 4.69) is 26.5 Å². The van der Waals surface area contributed by atoms with Crippen LogP contribution in [0.1, 0.15) is 23.5 Å². The molecule has 2 aromatic rings. The molecule has 1 unspecified atom stereocenters. The third-order valence-corrected chi connectivity index (χ3v) is 4.82. The van der Waals surface area contributed by atoms with Crippen LogP contribution in [-0.2, 0) is 13.6 Å². The van der Waals surface area contributed by atoms with Gasteiger partial charge in [0, 0.05) is 51.4 Å². The van der Waals surface area contributed by atoms with E-state index in [0.717, 1.165) is 42.5 Å². The summed E-state index contributed by atoms with van der Waals surface area (Å²) in [5.41, 5.74) is 2.33. The highest BCUT2D eigenvalue weighted by Crippen LogP contribution is 2.31. The van der Waals surface area contributed by atoms with Crippen LogP contribution in [-0.4, -0.2) is 55.0 Å². The van der Waals surface area contributed by atoms with Crippen molar-refractivity contribution in [2.24, 2.45) is 12.0 Å². The van der Waals surface area contributed by atoms with E-state index in [1.54, 1.807) is 14.2 Å². The Kier molecular flexibility index (Phi) is 7.76. The van der Waals surface area contributed by atoms with Crippen LogP contribution in [0.15, 0.2) is 35.6 Å². The number of rotatable bonds is 5. The molecule has 1 saturated heterocycles. The average molecular weight is 485 g/mol. The first-order valence-electron chi connectivity index (χ1n) is 8.80. The second-order valence-corrected chi connectivity index (χ2v) is 6.43. The first-order valence-corrected chi connectivity index (χ1v) is 8.80. The highest BCUT2D eigenvalue weighted by Gasteiger charge is 2.27. The van der Waals surface area contributed by atoms with Gasteiger partial charge < -0.3 is 19.7 Å². The molecule has 7 nitrogen and oxygen atoms in total. The molecule has 0 saturated carbocycles. The third-order valence-electron chi connectivity index (χ3n) is 4.82. The van der Waals surface area contributed by atoms with Gasteiger partial charge in [0.05, 0.1) is 20.4 Å². The second kappa shape index (κ2) is 9.82. The minimum absolute atomic E-state index is 0. The van der Waals surface area contributed by atoms with Gasteiger partial charge in [-0.1, -0.05) is 12.1 Å². The molecule has 2 heterocycles. The van der Waals surface area contributed by atoms with Crippen LogP contribution < -0.4 is 14.8 Å². The molecule has 0 aliphatic carbocycles. The molecular weight excluding hydrogens is 457 g/mol. The minimum Gasteiger partial charge on any atom is -0.493 e. The van der Waals surface area contributed by atoms with Gasteiger partial charge in [0.15, 0.2) is 17.5 Å². The average Bonchev–Trinajstić information content (AvgIpc) is 3.31. The molecule has 27 heavy (non-hydrogen) atoms. The van der Waals surface area contributed by atoms with Gasteiger partial charge in [-0.2, -0.15) is 5.10 Å². The topological polar surface area (TPSA) is 63.9 Å². The Morgan fingerprint density at radius 2 is 2.15 bits per heavy atom. The number of methoxy groups -OCH3 is 2. The molecule has 8 heteroatoms. The van der Waals surface area contributed by atoms with Crippen LogP contribution in [0.2, 0.25) is 0 Å². The Morgan fingerprint density at radius 3 is 2.78 bits per heavy atom. The van der Waals surface area contributed by atoms with Crippen molar-refractivity contribution in [3.8, 4) is 11.5 Å². The van der Waals surface area contributed by atoms with Crippen LogP contribution >= 0.6 is 24.0 Å². The monoisotopic (exact) mass is 485 g/mol. The lowest BCUT2D eigenvalue weighted by molar-refractivity contribution is 0.351.